The predicted molar refractivity (Wildman–Crippen MR) is 71.5 cm³/mol. The van der Waals surface area contributed by atoms with E-state index in [2.05, 4.69) is 9.97 Å². The summed E-state index contributed by atoms with van der Waals surface area (Å²) >= 11 is 5.99. The number of nitrogens with zero attached hydrogens (tertiary/aromatic N) is 3. The summed E-state index contributed by atoms with van der Waals surface area (Å²) in [4.78, 5) is 10.6. The quantitative estimate of drug-likeness (QED) is 0.764. The van der Waals surface area contributed by atoms with E-state index >= 15 is 0 Å². The molecule has 0 bridgehead atoms. The molecule has 0 saturated carbocycles. The highest BCUT2D eigenvalue weighted by Gasteiger charge is 2.04. The molecule has 0 atom stereocenters. The van der Waals surface area contributed by atoms with Crippen LogP contribution in [0, 0.1) is 6.92 Å². The summed E-state index contributed by atoms with van der Waals surface area (Å²) in [6.07, 6.45) is 1.74. The van der Waals surface area contributed by atoms with Crippen molar-refractivity contribution in [3.8, 4) is 11.4 Å². The first-order valence-electron chi connectivity index (χ1n) is 5.35. The van der Waals surface area contributed by atoms with Gasteiger partial charge in [-0.05, 0) is 31.2 Å². The van der Waals surface area contributed by atoms with Crippen LogP contribution in [0.4, 0.5) is 5.69 Å². The molecule has 0 radical (unpaired) electrons. The number of anilines is 1. The number of halogens is 1. The van der Waals surface area contributed by atoms with E-state index in [1.54, 1.807) is 6.20 Å². The third-order valence-electron chi connectivity index (χ3n) is 2.55. The lowest BCUT2D eigenvalue weighted by Gasteiger charge is -2.12. The summed E-state index contributed by atoms with van der Waals surface area (Å²) in [5.41, 5.74) is 3.00. The molecule has 1 heterocycles. The fourth-order valence-corrected chi connectivity index (χ4v) is 1.60. The number of hydrogen-bond acceptors (Lipinski definition) is 3. The van der Waals surface area contributed by atoms with Gasteiger partial charge in [-0.3, -0.25) is 0 Å². The van der Waals surface area contributed by atoms with Crippen molar-refractivity contribution >= 4 is 17.3 Å². The van der Waals surface area contributed by atoms with Gasteiger partial charge in [0.2, 0.25) is 0 Å². The smallest absolute Gasteiger partial charge is 0.160 e. The lowest BCUT2D eigenvalue weighted by atomic mass is 10.2. The Bertz CT molecular complexity index is 521. The average molecular weight is 248 g/mol. The lowest BCUT2D eigenvalue weighted by Crippen LogP contribution is -2.08. The van der Waals surface area contributed by atoms with E-state index in [0.717, 1.165) is 16.8 Å². The van der Waals surface area contributed by atoms with Crippen molar-refractivity contribution in [1.29, 1.82) is 0 Å². The third kappa shape index (κ3) is 2.56. The fourth-order valence-electron chi connectivity index (χ4n) is 1.47. The summed E-state index contributed by atoms with van der Waals surface area (Å²) in [5.74, 6) is 0.658. The molecule has 0 amide bonds. The lowest BCUT2D eigenvalue weighted by molar-refractivity contribution is 1.12. The van der Waals surface area contributed by atoms with Crippen molar-refractivity contribution in [3.63, 3.8) is 0 Å². The molecule has 0 aliphatic heterocycles. The standard InChI is InChI=1S/C13H14ClN3/c1-9-8-15-13(16-12(9)14)10-4-6-11(7-5-10)17(2)3/h4-8H,1-3H3. The summed E-state index contributed by atoms with van der Waals surface area (Å²) in [6.45, 7) is 1.89. The number of hydrogen-bond donors (Lipinski definition) is 0. The maximum absolute atomic E-state index is 5.99. The molecule has 1 aromatic carbocycles. The van der Waals surface area contributed by atoms with Crippen LogP contribution in [0.5, 0.6) is 0 Å². The van der Waals surface area contributed by atoms with Gasteiger partial charge in [0.1, 0.15) is 5.15 Å². The molecule has 1 aromatic heterocycles. The van der Waals surface area contributed by atoms with Gasteiger partial charge < -0.3 is 4.90 Å². The molecule has 0 saturated heterocycles. The van der Waals surface area contributed by atoms with Crippen LogP contribution in [0.3, 0.4) is 0 Å². The summed E-state index contributed by atoms with van der Waals surface area (Å²) < 4.78 is 0. The second-order valence-electron chi connectivity index (χ2n) is 4.11. The molecule has 4 heteroatoms. The van der Waals surface area contributed by atoms with Crippen molar-refractivity contribution in [2.24, 2.45) is 0 Å². The Balaban J connectivity index is 2.36. The normalized spacial score (nSPS) is 10.4. The van der Waals surface area contributed by atoms with Gasteiger partial charge in [-0.2, -0.15) is 0 Å². The van der Waals surface area contributed by atoms with Gasteiger partial charge in [-0.1, -0.05) is 11.6 Å². The zero-order chi connectivity index (χ0) is 12.4. The Hall–Kier alpha value is -1.61. The third-order valence-corrected chi connectivity index (χ3v) is 2.93. The van der Waals surface area contributed by atoms with E-state index in [1.807, 2.05) is 50.2 Å². The van der Waals surface area contributed by atoms with Crippen molar-refractivity contribution in [2.45, 2.75) is 6.92 Å². The summed E-state index contributed by atoms with van der Waals surface area (Å²) in [6, 6.07) is 8.06. The number of benzene rings is 1. The van der Waals surface area contributed by atoms with Crippen LogP contribution in [-0.2, 0) is 0 Å². The molecule has 17 heavy (non-hydrogen) atoms. The minimum absolute atomic E-state index is 0.506. The largest absolute Gasteiger partial charge is 0.378 e. The Morgan fingerprint density at radius 1 is 1.12 bits per heavy atom. The van der Waals surface area contributed by atoms with Crippen LogP contribution in [0.25, 0.3) is 11.4 Å². The van der Waals surface area contributed by atoms with Crippen LogP contribution >= 0.6 is 11.6 Å². The van der Waals surface area contributed by atoms with Gasteiger partial charge in [0, 0.05) is 37.1 Å². The molecule has 2 aromatic rings. The minimum atomic E-state index is 0.506. The topological polar surface area (TPSA) is 29.0 Å². The Labute approximate surface area is 106 Å². The van der Waals surface area contributed by atoms with Crippen molar-refractivity contribution in [2.75, 3.05) is 19.0 Å². The fraction of sp³-hybridized carbons (Fsp3) is 0.231. The van der Waals surface area contributed by atoms with Gasteiger partial charge in [-0.25, -0.2) is 9.97 Å². The number of aromatic nitrogens is 2. The first-order valence-corrected chi connectivity index (χ1v) is 5.72. The first kappa shape index (κ1) is 11.9. The Kier molecular flexibility index (Phi) is 3.29. The monoisotopic (exact) mass is 247 g/mol. The highest BCUT2D eigenvalue weighted by molar-refractivity contribution is 6.30. The van der Waals surface area contributed by atoms with E-state index in [-0.39, 0.29) is 0 Å². The molecule has 2 rings (SSSR count). The van der Waals surface area contributed by atoms with E-state index in [9.17, 15) is 0 Å². The van der Waals surface area contributed by atoms with Crippen molar-refractivity contribution in [1.82, 2.24) is 9.97 Å². The van der Waals surface area contributed by atoms with Crippen LogP contribution in [0.1, 0.15) is 5.56 Å². The zero-order valence-electron chi connectivity index (χ0n) is 10.1. The van der Waals surface area contributed by atoms with Crippen LogP contribution < -0.4 is 4.90 Å². The van der Waals surface area contributed by atoms with Crippen molar-refractivity contribution < 1.29 is 0 Å². The van der Waals surface area contributed by atoms with Gasteiger partial charge in [0.25, 0.3) is 0 Å². The zero-order valence-corrected chi connectivity index (χ0v) is 10.9. The molecule has 0 unspecified atom stereocenters. The highest BCUT2D eigenvalue weighted by Crippen LogP contribution is 2.21. The molecule has 0 fully saturated rings. The van der Waals surface area contributed by atoms with E-state index in [0.29, 0.717) is 11.0 Å². The molecule has 0 aliphatic carbocycles. The minimum Gasteiger partial charge on any atom is -0.378 e. The molecule has 0 spiro atoms. The molecule has 3 nitrogen and oxygen atoms in total. The Morgan fingerprint density at radius 3 is 2.29 bits per heavy atom. The highest BCUT2D eigenvalue weighted by atomic mass is 35.5. The van der Waals surface area contributed by atoms with Crippen LogP contribution in [0.2, 0.25) is 5.15 Å². The second-order valence-corrected chi connectivity index (χ2v) is 4.47. The van der Waals surface area contributed by atoms with Crippen LogP contribution in [-0.4, -0.2) is 24.1 Å². The maximum Gasteiger partial charge on any atom is 0.160 e. The second kappa shape index (κ2) is 4.72. The molecular weight excluding hydrogens is 234 g/mol. The molecule has 88 valence electrons. The molecular formula is C13H14ClN3. The molecule has 0 aliphatic rings. The average Bonchev–Trinajstić information content (AvgIpc) is 2.33. The van der Waals surface area contributed by atoms with Crippen molar-refractivity contribution in [3.05, 3.63) is 41.2 Å². The number of rotatable bonds is 2. The molecule has 0 N–H and O–H groups in total. The van der Waals surface area contributed by atoms with E-state index in [4.69, 9.17) is 11.6 Å². The Morgan fingerprint density at radius 2 is 1.76 bits per heavy atom. The van der Waals surface area contributed by atoms with Gasteiger partial charge in [0.05, 0.1) is 0 Å². The summed E-state index contributed by atoms with van der Waals surface area (Å²) in [5, 5.41) is 0.506. The predicted octanol–water partition coefficient (Wildman–Crippen LogP) is 3.17. The van der Waals surface area contributed by atoms with Gasteiger partial charge in [0.15, 0.2) is 5.82 Å². The SMILES string of the molecule is Cc1cnc(-c2ccc(N(C)C)cc2)nc1Cl. The number of aryl methyl sites for hydroxylation is 1. The van der Waals surface area contributed by atoms with Crippen LogP contribution in [0.15, 0.2) is 30.5 Å². The van der Waals surface area contributed by atoms with E-state index in [1.165, 1.54) is 0 Å². The van der Waals surface area contributed by atoms with Gasteiger partial charge >= 0.3 is 0 Å². The maximum atomic E-state index is 5.99. The first-order chi connectivity index (χ1) is 8.08. The summed E-state index contributed by atoms with van der Waals surface area (Å²) in [7, 11) is 4.02. The van der Waals surface area contributed by atoms with Gasteiger partial charge in [-0.15, -0.1) is 0 Å². The van der Waals surface area contributed by atoms with E-state index < -0.39 is 0 Å².